The number of aliphatic hydroxyl groups is 1. The summed E-state index contributed by atoms with van der Waals surface area (Å²) >= 11 is 1.68. The van der Waals surface area contributed by atoms with E-state index in [2.05, 4.69) is 5.32 Å². The second-order valence-corrected chi connectivity index (χ2v) is 7.37. The molecule has 0 aromatic carbocycles. The van der Waals surface area contributed by atoms with Crippen LogP contribution in [0.4, 0.5) is 0 Å². The summed E-state index contributed by atoms with van der Waals surface area (Å²) in [6, 6.07) is 0.312. The standard InChI is InChI=1S/C14H23NO2S/c16-13(14(17)6-7-18-9-14)15-12-3-1-2-11(8-12)10-4-5-10/h10-12,17H,1-9H2,(H,15,16). The number of nitrogens with one attached hydrogen (secondary N) is 1. The molecule has 0 bridgehead atoms. The fourth-order valence-electron chi connectivity index (χ4n) is 3.41. The summed E-state index contributed by atoms with van der Waals surface area (Å²) in [7, 11) is 0. The van der Waals surface area contributed by atoms with Crippen LogP contribution in [0.5, 0.6) is 0 Å². The predicted octanol–water partition coefficient (Wildman–Crippen LogP) is 1.94. The van der Waals surface area contributed by atoms with Gasteiger partial charge in [-0.15, -0.1) is 0 Å². The third-order valence-electron chi connectivity index (χ3n) is 4.76. The maximum atomic E-state index is 12.2. The Morgan fingerprint density at radius 3 is 2.72 bits per heavy atom. The lowest BCUT2D eigenvalue weighted by Crippen LogP contribution is -2.51. The average Bonchev–Trinajstić information content (AvgIpc) is 3.12. The van der Waals surface area contributed by atoms with E-state index in [0.29, 0.717) is 18.2 Å². The first-order valence-corrected chi connectivity index (χ1v) is 8.44. The molecule has 1 aliphatic heterocycles. The van der Waals surface area contributed by atoms with Gasteiger partial charge in [-0.2, -0.15) is 11.8 Å². The molecule has 3 unspecified atom stereocenters. The lowest BCUT2D eigenvalue weighted by Gasteiger charge is -2.32. The summed E-state index contributed by atoms with van der Waals surface area (Å²) < 4.78 is 0. The van der Waals surface area contributed by atoms with E-state index in [0.717, 1.165) is 30.4 Å². The second-order valence-electron chi connectivity index (χ2n) is 6.27. The lowest BCUT2D eigenvalue weighted by atomic mass is 9.82. The smallest absolute Gasteiger partial charge is 0.253 e. The van der Waals surface area contributed by atoms with Crippen LogP contribution in [-0.2, 0) is 4.79 Å². The van der Waals surface area contributed by atoms with Crippen LogP contribution in [0.1, 0.15) is 44.9 Å². The van der Waals surface area contributed by atoms with Crippen molar-refractivity contribution < 1.29 is 9.90 Å². The SMILES string of the molecule is O=C(NC1CCCC(C2CC2)C1)C1(O)CCSC1. The van der Waals surface area contributed by atoms with Gasteiger partial charge in [0.1, 0.15) is 0 Å². The van der Waals surface area contributed by atoms with Crippen LogP contribution in [-0.4, -0.2) is 34.2 Å². The van der Waals surface area contributed by atoms with E-state index >= 15 is 0 Å². The van der Waals surface area contributed by atoms with E-state index in [-0.39, 0.29) is 5.91 Å². The van der Waals surface area contributed by atoms with Gasteiger partial charge >= 0.3 is 0 Å². The molecule has 1 amide bonds. The van der Waals surface area contributed by atoms with Crippen LogP contribution in [0.15, 0.2) is 0 Å². The van der Waals surface area contributed by atoms with Crippen molar-refractivity contribution in [2.45, 2.75) is 56.6 Å². The summed E-state index contributed by atoms with van der Waals surface area (Å²) in [6.07, 6.45) is 8.22. The van der Waals surface area contributed by atoms with Crippen molar-refractivity contribution in [1.82, 2.24) is 5.32 Å². The van der Waals surface area contributed by atoms with E-state index in [1.165, 1.54) is 25.7 Å². The number of rotatable bonds is 3. The Hall–Kier alpha value is -0.220. The number of hydrogen-bond donors (Lipinski definition) is 2. The molecule has 3 atom stereocenters. The third kappa shape index (κ3) is 2.69. The highest BCUT2D eigenvalue weighted by molar-refractivity contribution is 7.99. The second kappa shape index (κ2) is 5.04. The first-order valence-electron chi connectivity index (χ1n) is 7.28. The summed E-state index contributed by atoms with van der Waals surface area (Å²) in [4.78, 5) is 12.2. The highest BCUT2D eigenvalue weighted by Gasteiger charge is 2.41. The summed E-state index contributed by atoms with van der Waals surface area (Å²) in [5.41, 5.74) is -1.09. The Morgan fingerprint density at radius 2 is 2.06 bits per heavy atom. The van der Waals surface area contributed by atoms with Crippen molar-refractivity contribution in [1.29, 1.82) is 0 Å². The number of carbonyl (C=O) groups excluding carboxylic acids is 1. The molecule has 0 aromatic heterocycles. The average molecular weight is 269 g/mol. The molecule has 1 saturated heterocycles. The number of amides is 1. The summed E-state index contributed by atoms with van der Waals surface area (Å²) in [5.74, 6) is 3.12. The zero-order valence-electron chi connectivity index (χ0n) is 10.9. The summed E-state index contributed by atoms with van der Waals surface area (Å²) in [5, 5.41) is 13.4. The zero-order chi connectivity index (χ0) is 12.6. The Labute approximate surface area is 113 Å². The molecular weight excluding hydrogens is 246 g/mol. The van der Waals surface area contributed by atoms with Crippen LogP contribution in [0.3, 0.4) is 0 Å². The number of carbonyl (C=O) groups is 1. The maximum absolute atomic E-state index is 12.2. The van der Waals surface area contributed by atoms with E-state index in [1.54, 1.807) is 11.8 Å². The molecule has 2 aliphatic carbocycles. The van der Waals surface area contributed by atoms with Gasteiger partial charge in [0.15, 0.2) is 5.60 Å². The first-order chi connectivity index (χ1) is 8.67. The Balaban J connectivity index is 1.53. The molecule has 3 aliphatic rings. The maximum Gasteiger partial charge on any atom is 0.253 e. The van der Waals surface area contributed by atoms with Gasteiger partial charge in [0.2, 0.25) is 0 Å². The number of hydrogen-bond acceptors (Lipinski definition) is 3. The van der Waals surface area contributed by atoms with E-state index in [9.17, 15) is 9.90 Å². The Bertz CT molecular complexity index is 324. The Morgan fingerprint density at radius 1 is 1.22 bits per heavy atom. The minimum absolute atomic E-state index is 0.117. The quantitative estimate of drug-likeness (QED) is 0.823. The zero-order valence-corrected chi connectivity index (χ0v) is 11.7. The van der Waals surface area contributed by atoms with Crippen molar-refractivity contribution in [2.75, 3.05) is 11.5 Å². The largest absolute Gasteiger partial charge is 0.379 e. The predicted molar refractivity (Wildman–Crippen MR) is 73.5 cm³/mol. The van der Waals surface area contributed by atoms with E-state index in [1.807, 2.05) is 0 Å². The van der Waals surface area contributed by atoms with Gasteiger partial charge in [-0.05, 0) is 49.7 Å². The first kappa shape index (κ1) is 12.8. The molecule has 2 saturated carbocycles. The van der Waals surface area contributed by atoms with E-state index < -0.39 is 5.60 Å². The van der Waals surface area contributed by atoms with Gasteiger partial charge in [0.25, 0.3) is 5.91 Å². The fourth-order valence-corrected chi connectivity index (χ4v) is 4.65. The normalized spacial score (nSPS) is 40.7. The van der Waals surface area contributed by atoms with E-state index in [4.69, 9.17) is 0 Å². The molecule has 2 N–H and O–H groups in total. The van der Waals surface area contributed by atoms with Crippen LogP contribution in [0, 0.1) is 11.8 Å². The monoisotopic (exact) mass is 269 g/mol. The van der Waals surface area contributed by atoms with Crippen molar-refractivity contribution in [3.05, 3.63) is 0 Å². The minimum atomic E-state index is -1.09. The van der Waals surface area contributed by atoms with Crippen molar-refractivity contribution in [3.8, 4) is 0 Å². The highest BCUT2D eigenvalue weighted by Crippen LogP contribution is 2.44. The fraction of sp³-hybridized carbons (Fsp3) is 0.929. The van der Waals surface area contributed by atoms with Gasteiger partial charge in [0, 0.05) is 11.8 Å². The van der Waals surface area contributed by atoms with Gasteiger partial charge in [-0.3, -0.25) is 4.79 Å². The van der Waals surface area contributed by atoms with Crippen LogP contribution >= 0.6 is 11.8 Å². The summed E-state index contributed by atoms with van der Waals surface area (Å²) in [6.45, 7) is 0. The molecule has 0 radical (unpaired) electrons. The van der Waals surface area contributed by atoms with Gasteiger partial charge in [-0.1, -0.05) is 12.8 Å². The van der Waals surface area contributed by atoms with Gasteiger partial charge in [0.05, 0.1) is 0 Å². The molecule has 4 heteroatoms. The molecule has 0 spiro atoms. The topological polar surface area (TPSA) is 49.3 Å². The third-order valence-corrected chi connectivity index (χ3v) is 5.94. The minimum Gasteiger partial charge on any atom is -0.379 e. The van der Waals surface area contributed by atoms with Crippen LogP contribution in [0.2, 0.25) is 0 Å². The molecule has 102 valence electrons. The van der Waals surface area contributed by atoms with Crippen LogP contribution < -0.4 is 5.32 Å². The highest BCUT2D eigenvalue weighted by atomic mass is 32.2. The van der Waals surface area contributed by atoms with Crippen molar-refractivity contribution in [3.63, 3.8) is 0 Å². The molecule has 18 heavy (non-hydrogen) atoms. The molecular formula is C14H23NO2S. The molecule has 3 fully saturated rings. The van der Waals surface area contributed by atoms with Gasteiger partial charge < -0.3 is 10.4 Å². The molecule has 3 nitrogen and oxygen atoms in total. The lowest BCUT2D eigenvalue weighted by molar-refractivity contribution is -0.138. The number of thioether (sulfide) groups is 1. The Kier molecular flexibility index (Phi) is 3.59. The molecule has 3 rings (SSSR count). The van der Waals surface area contributed by atoms with Gasteiger partial charge in [-0.25, -0.2) is 0 Å². The van der Waals surface area contributed by atoms with Crippen molar-refractivity contribution in [2.24, 2.45) is 11.8 Å². The van der Waals surface area contributed by atoms with Crippen LogP contribution in [0.25, 0.3) is 0 Å². The molecule has 1 heterocycles. The van der Waals surface area contributed by atoms with Crippen molar-refractivity contribution >= 4 is 17.7 Å². The molecule has 0 aromatic rings.